The van der Waals surface area contributed by atoms with E-state index in [0.717, 1.165) is 5.56 Å². The highest BCUT2D eigenvalue weighted by Crippen LogP contribution is 2.31. The van der Waals surface area contributed by atoms with Crippen molar-refractivity contribution in [2.45, 2.75) is 20.1 Å². The molecule has 0 saturated carbocycles. The lowest BCUT2D eigenvalue weighted by atomic mass is 10.1. The Balaban J connectivity index is 2.01. The molecule has 8 nitrogen and oxygen atoms in total. The van der Waals surface area contributed by atoms with Gasteiger partial charge in [0.05, 0.1) is 22.7 Å². The highest BCUT2D eigenvalue weighted by molar-refractivity contribution is 5.89. The Kier molecular flexibility index (Phi) is 5.23. The third-order valence-corrected chi connectivity index (χ3v) is 3.90. The van der Waals surface area contributed by atoms with E-state index in [1.165, 1.54) is 6.07 Å². The first-order valence-corrected chi connectivity index (χ1v) is 8.24. The van der Waals surface area contributed by atoms with Crippen LogP contribution in [0, 0.1) is 10.1 Å². The van der Waals surface area contributed by atoms with E-state index in [1.807, 2.05) is 37.3 Å². The molecule has 8 heteroatoms. The van der Waals surface area contributed by atoms with Crippen molar-refractivity contribution in [1.82, 2.24) is 9.97 Å². The summed E-state index contributed by atoms with van der Waals surface area (Å²) in [4.78, 5) is 19.6. The van der Waals surface area contributed by atoms with Crippen LogP contribution in [0.5, 0.6) is 0 Å². The molecule has 0 aliphatic heterocycles. The summed E-state index contributed by atoms with van der Waals surface area (Å²) in [6, 6.07) is 12.8. The van der Waals surface area contributed by atoms with Gasteiger partial charge in [0.25, 0.3) is 5.69 Å². The number of nitrogens with one attached hydrogen (secondary N) is 2. The first-order chi connectivity index (χ1) is 12.6. The van der Waals surface area contributed by atoms with E-state index < -0.39 is 4.92 Å². The molecule has 1 heterocycles. The number of aliphatic hydroxyl groups excluding tert-OH is 1. The van der Waals surface area contributed by atoms with Crippen molar-refractivity contribution in [2.24, 2.45) is 0 Å². The maximum Gasteiger partial charge on any atom is 0.293 e. The van der Waals surface area contributed by atoms with Crippen LogP contribution in [-0.2, 0) is 13.2 Å². The fourth-order valence-corrected chi connectivity index (χ4v) is 2.69. The van der Waals surface area contributed by atoms with Crippen molar-refractivity contribution in [3.05, 3.63) is 63.8 Å². The summed E-state index contributed by atoms with van der Waals surface area (Å²) in [5.74, 6) is 0.363. The van der Waals surface area contributed by atoms with Gasteiger partial charge in [0.15, 0.2) is 0 Å². The van der Waals surface area contributed by atoms with E-state index in [2.05, 4.69) is 20.6 Å². The lowest BCUT2D eigenvalue weighted by Gasteiger charge is -2.11. The van der Waals surface area contributed by atoms with Crippen molar-refractivity contribution in [3.63, 3.8) is 0 Å². The Morgan fingerprint density at radius 3 is 2.58 bits per heavy atom. The van der Waals surface area contributed by atoms with E-state index in [0.29, 0.717) is 41.3 Å². The zero-order chi connectivity index (χ0) is 18.5. The molecule has 0 fully saturated rings. The second kappa shape index (κ2) is 7.75. The highest BCUT2D eigenvalue weighted by atomic mass is 16.6. The fourth-order valence-electron chi connectivity index (χ4n) is 2.69. The predicted octanol–water partition coefficient (Wildman–Crippen LogP) is 3.07. The fraction of sp³-hybridized carbons (Fsp3) is 0.222. The van der Waals surface area contributed by atoms with Crippen molar-refractivity contribution in [3.8, 4) is 0 Å². The van der Waals surface area contributed by atoms with Crippen LogP contribution < -0.4 is 10.6 Å². The summed E-state index contributed by atoms with van der Waals surface area (Å²) in [6.07, 6.45) is 0. The van der Waals surface area contributed by atoms with Crippen LogP contribution in [0.2, 0.25) is 0 Å². The van der Waals surface area contributed by atoms with E-state index >= 15 is 0 Å². The van der Waals surface area contributed by atoms with Gasteiger partial charge < -0.3 is 15.7 Å². The number of anilines is 2. The molecular formula is C18H19N5O3. The lowest BCUT2D eigenvalue weighted by Crippen LogP contribution is -2.07. The third kappa shape index (κ3) is 3.70. The van der Waals surface area contributed by atoms with Crippen LogP contribution >= 0.6 is 0 Å². The number of aliphatic hydroxyl groups is 1. The smallest absolute Gasteiger partial charge is 0.293 e. The van der Waals surface area contributed by atoms with Crippen LogP contribution in [0.4, 0.5) is 17.3 Å². The van der Waals surface area contributed by atoms with E-state index in [1.54, 1.807) is 6.07 Å². The minimum atomic E-state index is -0.458. The Hall–Kier alpha value is -3.26. The molecule has 3 rings (SSSR count). The number of aromatic nitrogens is 2. The Labute approximate surface area is 150 Å². The van der Waals surface area contributed by atoms with Crippen LogP contribution in [0.1, 0.15) is 18.2 Å². The van der Waals surface area contributed by atoms with Gasteiger partial charge in [-0.05, 0) is 18.6 Å². The van der Waals surface area contributed by atoms with Gasteiger partial charge in [0.1, 0.15) is 5.69 Å². The maximum atomic E-state index is 11.3. The number of benzene rings is 2. The summed E-state index contributed by atoms with van der Waals surface area (Å²) in [7, 11) is 0. The highest BCUT2D eigenvalue weighted by Gasteiger charge is 2.18. The number of nitro groups is 1. The molecule has 0 aliphatic carbocycles. The number of fused-ring (bicyclic) bond motifs is 1. The summed E-state index contributed by atoms with van der Waals surface area (Å²) in [6.45, 7) is 2.60. The molecule has 0 spiro atoms. The van der Waals surface area contributed by atoms with E-state index in [9.17, 15) is 15.2 Å². The van der Waals surface area contributed by atoms with Gasteiger partial charge >= 0.3 is 0 Å². The molecule has 3 aromatic rings. The number of rotatable bonds is 7. The van der Waals surface area contributed by atoms with Gasteiger partial charge in [0.2, 0.25) is 5.95 Å². The molecule has 3 N–H and O–H groups in total. The Morgan fingerprint density at radius 2 is 1.92 bits per heavy atom. The molecule has 134 valence electrons. The van der Waals surface area contributed by atoms with Gasteiger partial charge in [0, 0.05) is 24.5 Å². The van der Waals surface area contributed by atoms with Gasteiger partial charge in [-0.2, -0.15) is 0 Å². The number of hydrogen-bond acceptors (Lipinski definition) is 7. The van der Waals surface area contributed by atoms with Crippen LogP contribution in [-0.4, -0.2) is 26.5 Å². The average Bonchev–Trinajstić information content (AvgIpc) is 2.66. The molecule has 0 amide bonds. The molecular weight excluding hydrogens is 334 g/mol. The van der Waals surface area contributed by atoms with Crippen molar-refractivity contribution in [1.29, 1.82) is 0 Å². The first-order valence-electron chi connectivity index (χ1n) is 8.24. The first kappa shape index (κ1) is 17.6. The van der Waals surface area contributed by atoms with Crippen LogP contribution in [0.15, 0.2) is 42.5 Å². The second-order valence-corrected chi connectivity index (χ2v) is 5.67. The van der Waals surface area contributed by atoms with Crippen LogP contribution in [0.25, 0.3) is 10.9 Å². The normalized spacial score (nSPS) is 10.7. The molecule has 2 aromatic carbocycles. The summed E-state index contributed by atoms with van der Waals surface area (Å²) in [5.41, 5.74) is 2.26. The van der Waals surface area contributed by atoms with Crippen molar-refractivity contribution >= 4 is 28.2 Å². The molecule has 0 aliphatic rings. The third-order valence-electron chi connectivity index (χ3n) is 3.90. The summed E-state index contributed by atoms with van der Waals surface area (Å²) >= 11 is 0. The molecule has 0 atom stereocenters. The van der Waals surface area contributed by atoms with Crippen molar-refractivity contribution < 1.29 is 10.0 Å². The Morgan fingerprint density at radius 1 is 1.15 bits per heavy atom. The van der Waals surface area contributed by atoms with Gasteiger partial charge in [-0.15, -0.1) is 0 Å². The minimum absolute atomic E-state index is 0.0670. The predicted molar refractivity (Wildman–Crippen MR) is 100 cm³/mol. The lowest BCUT2D eigenvalue weighted by molar-refractivity contribution is -0.383. The number of nitro benzene ring substituents is 1. The SMILES string of the molecule is CCNc1cc2nc(NCc3ccccc3)nc(CO)c2cc1[N+](=O)[O-]. The standard InChI is InChI=1S/C18H19N5O3/c1-2-19-15-9-14-13(8-17(15)23(25)26)16(11-24)22-18(21-14)20-10-12-6-4-3-5-7-12/h3-9,19,24H,2,10-11H2,1H3,(H,20,21,22). The summed E-state index contributed by atoms with van der Waals surface area (Å²) < 4.78 is 0. The van der Waals surface area contributed by atoms with Gasteiger partial charge in [-0.25, -0.2) is 9.97 Å². The van der Waals surface area contributed by atoms with Gasteiger partial charge in [-0.1, -0.05) is 30.3 Å². The quantitative estimate of drug-likeness (QED) is 0.442. The molecule has 1 aromatic heterocycles. The maximum absolute atomic E-state index is 11.3. The summed E-state index contributed by atoms with van der Waals surface area (Å²) in [5, 5.41) is 27.5. The number of nitrogens with zero attached hydrogens (tertiary/aromatic N) is 3. The molecule has 0 unspecified atom stereocenters. The average molecular weight is 353 g/mol. The minimum Gasteiger partial charge on any atom is -0.390 e. The van der Waals surface area contributed by atoms with Crippen LogP contribution in [0.3, 0.4) is 0 Å². The molecule has 0 saturated heterocycles. The van der Waals surface area contributed by atoms with E-state index in [4.69, 9.17) is 0 Å². The van der Waals surface area contributed by atoms with Gasteiger partial charge in [-0.3, -0.25) is 10.1 Å². The number of hydrogen-bond donors (Lipinski definition) is 3. The molecule has 0 bridgehead atoms. The van der Waals surface area contributed by atoms with Crippen molar-refractivity contribution in [2.75, 3.05) is 17.2 Å². The molecule has 0 radical (unpaired) electrons. The molecule has 26 heavy (non-hydrogen) atoms. The zero-order valence-electron chi connectivity index (χ0n) is 14.3. The topological polar surface area (TPSA) is 113 Å². The second-order valence-electron chi connectivity index (χ2n) is 5.67. The largest absolute Gasteiger partial charge is 0.390 e. The Bertz CT molecular complexity index is 931. The van der Waals surface area contributed by atoms with E-state index in [-0.39, 0.29) is 12.3 Å². The zero-order valence-corrected chi connectivity index (χ0v) is 14.3. The monoisotopic (exact) mass is 353 g/mol.